The summed E-state index contributed by atoms with van der Waals surface area (Å²) < 4.78 is 0. The van der Waals surface area contributed by atoms with Gasteiger partial charge >= 0.3 is 0 Å². The molecule has 0 saturated heterocycles. The third kappa shape index (κ3) is 2.02. The first-order valence-electron chi connectivity index (χ1n) is 6.20. The Hall–Kier alpha value is -2.48. The maximum atomic E-state index is 12.3. The zero-order chi connectivity index (χ0) is 13.2. The van der Waals surface area contributed by atoms with Gasteiger partial charge in [0.2, 0.25) is 0 Å². The molecular formula is C17H12O2. The monoisotopic (exact) mass is 248 g/mol. The van der Waals surface area contributed by atoms with E-state index in [0.717, 1.165) is 5.56 Å². The van der Waals surface area contributed by atoms with Gasteiger partial charge in [-0.25, -0.2) is 0 Å². The SMILES string of the molecule is O=C(C1=CCc2ccccc2C1=O)c1ccccc1. The molecule has 0 spiro atoms. The molecule has 0 amide bonds. The van der Waals surface area contributed by atoms with E-state index < -0.39 is 0 Å². The molecule has 0 heterocycles. The Morgan fingerprint density at radius 1 is 0.895 bits per heavy atom. The van der Waals surface area contributed by atoms with Crippen molar-refractivity contribution in [2.24, 2.45) is 0 Å². The van der Waals surface area contributed by atoms with Crippen molar-refractivity contribution in [3.05, 3.63) is 82.9 Å². The third-order valence-corrected chi connectivity index (χ3v) is 3.31. The minimum atomic E-state index is -0.194. The minimum Gasteiger partial charge on any atom is -0.288 e. The van der Waals surface area contributed by atoms with E-state index in [1.807, 2.05) is 24.3 Å². The third-order valence-electron chi connectivity index (χ3n) is 3.31. The molecule has 3 rings (SSSR count). The molecule has 2 aromatic carbocycles. The number of carbonyl (C=O) groups is 2. The van der Waals surface area contributed by atoms with Crippen molar-refractivity contribution in [3.8, 4) is 0 Å². The second kappa shape index (κ2) is 4.65. The smallest absolute Gasteiger partial charge is 0.196 e. The molecule has 2 aromatic rings. The average molecular weight is 248 g/mol. The number of carbonyl (C=O) groups excluding carboxylic acids is 2. The molecule has 1 aliphatic rings. The van der Waals surface area contributed by atoms with Gasteiger partial charge in [-0.1, -0.05) is 60.7 Å². The molecule has 19 heavy (non-hydrogen) atoms. The Balaban J connectivity index is 1.99. The van der Waals surface area contributed by atoms with Gasteiger partial charge in [0.05, 0.1) is 5.57 Å². The Kier molecular flexibility index (Phi) is 2.84. The highest BCUT2D eigenvalue weighted by atomic mass is 16.1. The lowest BCUT2D eigenvalue weighted by molar-refractivity contribution is 0.0960. The van der Waals surface area contributed by atoms with Gasteiger partial charge in [-0.3, -0.25) is 9.59 Å². The van der Waals surface area contributed by atoms with Crippen LogP contribution >= 0.6 is 0 Å². The average Bonchev–Trinajstić information content (AvgIpc) is 2.48. The quantitative estimate of drug-likeness (QED) is 0.604. The second-order valence-electron chi connectivity index (χ2n) is 4.50. The number of hydrogen-bond donors (Lipinski definition) is 0. The molecule has 0 radical (unpaired) electrons. The highest BCUT2D eigenvalue weighted by molar-refractivity contribution is 6.31. The van der Waals surface area contributed by atoms with Crippen LogP contribution in [-0.4, -0.2) is 11.6 Å². The number of hydrogen-bond acceptors (Lipinski definition) is 2. The lowest BCUT2D eigenvalue weighted by Gasteiger charge is -2.14. The van der Waals surface area contributed by atoms with E-state index in [4.69, 9.17) is 0 Å². The van der Waals surface area contributed by atoms with Gasteiger partial charge in [0.1, 0.15) is 0 Å². The van der Waals surface area contributed by atoms with Crippen molar-refractivity contribution in [1.29, 1.82) is 0 Å². The molecule has 2 heteroatoms. The standard InChI is InChI=1S/C17H12O2/c18-16(13-7-2-1-3-8-13)15-11-10-12-6-4-5-9-14(12)17(15)19/h1-9,11H,10H2. The van der Waals surface area contributed by atoms with Crippen LogP contribution in [0.15, 0.2) is 66.2 Å². The molecule has 2 nitrogen and oxygen atoms in total. The molecule has 0 N–H and O–H groups in total. The van der Waals surface area contributed by atoms with Crippen LogP contribution in [0.1, 0.15) is 26.3 Å². The maximum Gasteiger partial charge on any atom is 0.196 e. The molecule has 0 atom stereocenters. The molecule has 0 saturated carbocycles. The van der Waals surface area contributed by atoms with Crippen LogP contribution in [0.3, 0.4) is 0 Å². The Bertz CT molecular complexity index is 681. The Morgan fingerprint density at radius 2 is 1.58 bits per heavy atom. The summed E-state index contributed by atoms with van der Waals surface area (Å²) in [6, 6.07) is 16.4. The van der Waals surface area contributed by atoms with Crippen molar-refractivity contribution in [3.63, 3.8) is 0 Å². The normalized spacial score (nSPS) is 13.7. The second-order valence-corrected chi connectivity index (χ2v) is 4.50. The first-order chi connectivity index (χ1) is 9.27. The van der Waals surface area contributed by atoms with Gasteiger partial charge in [-0.2, -0.15) is 0 Å². The molecular weight excluding hydrogens is 236 g/mol. The van der Waals surface area contributed by atoms with Gasteiger partial charge in [0, 0.05) is 11.1 Å². The number of Topliss-reactive ketones (excluding diaryl/α,β-unsaturated/α-hetero) is 2. The van der Waals surface area contributed by atoms with E-state index in [-0.39, 0.29) is 17.1 Å². The molecule has 92 valence electrons. The van der Waals surface area contributed by atoms with Gasteiger partial charge in [0.15, 0.2) is 11.6 Å². The van der Waals surface area contributed by atoms with Crippen LogP contribution in [0, 0.1) is 0 Å². The molecule has 1 aliphatic carbocycles. The number of benzene rings is 2. The van der Waals surface area contributed by atoms with E-state index in [1.165, 1.54) is 0 Å². The van der Waals surface area contributed by atoms with Crippen molar-refractivity contribution in [2.45, 2.75) is 6.42 Å². The van der Waals surface area contributed by atoms with Crippen LogP contribution in [-0.2, 0) is 6.42 Å². The summed E-state index contributed by atoms with van der Waals surface area (Å²) in [7, 11) is 0. The summed E-state index contributed by atoms with van der Waals surface area (Å²) in [4.78, 5) is 24.7. The number of rotatable bonds is 2. The minimum absolute atomic E-state index is 0.171. The van der Waals surface area contributed by atoms with Crippen LogP contribution in [0.25, 0.3) is 0 Å². The van der Waals surface area contributed by atoms with Gasteiger partial charge in [-0.05, 0) is 12.0 Å². The number of fused-ring (bicyclic) bond motifs is 1. The first-order valence-corrected chi connectivity index (χ1v) is 6.20. The lowest BCUT2D eigenvalue weighted by atomic mass is 9.87. The zero-order valence-corrected chi connectivity index (χ0v) is 10.3. The maximum absolute atomic E-state index is 12.3. The van der Waals surface area contributed by atoms with E-state index in [2.05, 4.69) is 0 Å². The molecule has 0 bridgehead atoms. The van der Waals surface area contributed by atoms with E-state index in [1.54, 1.807) is 36.4 Å². The first kappa shape index (κ1) is 11.6. The van der Waals surface area contributed by atoms with Crippen LogP contribution in [0.5, 0.6) is 0 Å². The highest BCUT2D eigenvalue weighted by Gasteiger charge is 2.25. The van der Waals surface area contributed by atoms with E-state index >= 15 is 0 Å². The summed E-state index contributed by atoms with van der Waals surface area (Å²) in [6.45, 7) is 0. The predicted molar refractivity (Wildman–Crippen MR) is 73.3 cm³/mol. The van der Waals surface area contributed by atoms with Gasteiger partial charge in [-0.15, -0.1) is 0 Å². The van der Waals surface area contributed by atoms with Crippen molar-refractivity contribution >= 4 is 11.6 Å². The van der Waals surface area contributed by atoms with Crippen molar-refractivity contribution in [2.75, 3.05) is 0 Å². The van der Waals surface area contributed by atoms with Gasteiger partial charge in [0.25, 0.3) is 0 Å². The summed E-state index contributed by atoms with van der Waals surface area (Å²) in [5.74, 6) is -0.365. The molecule has 0 aliphatic heterocycles. The van der Waals surface area contributed by atoms with Crippen LogP contribution < -0.4 is 0 Å². The molecule has 0 fully saturated rings. The molecule has 0 unspecified atom stereocenters. The molecule has 0 aromatic heterocycles. The van der Waals surface area contributed by atoms with E-state index in [9.17, 15) is 9.59 Å². The number of ketones is 2. The lowest BCUT2D eigenvalue weighted by Crippen LogP contribution is -2.18. The van der Waals surface area contributed by atoms with Gasteiger partial charge < -0.3 is 0 Å². The summed E-state index contributed by atoms with van der Waals surface area (Å²) in [5.41, 5.74) is 2.47. The zero-order valence-electron chi connectivity index (χ0n) is 10.3. The summed E-state index contributed by atoms with van der Waals surface area (Å²) in [6.07, 6.45) is 2.37. The highest BCUT2D eigenvalue weighted by Crippen LogP contribution is 2.23. The Labute approximate surface area is 111 Å². The van der Waals surface area contributed by atoms with E-state index in [0.29, 0.717) is 17.5 Å². The van der Waals surface area contributed by atoms with Crippen molar-refractivity contribution in [1.82, 2.24) is 0 Å². The topological polar surface area (TPSA) is 34.1 Å². The summed E-state index contributed by atoms with van der Waals surface area (Å²) in [5, 5.41) is 0. The van der Waals surface area contributed by atoms with Crippen LogP contribution in [0.4, 0.5) is 0 Å². The largest absolute Gasteiger partial charge is 0.288 e. The van der Waals surface area contributed by atoms with Crippen molar-refractivity contribution < 1.29 is 9.59 Å². The fourth-order valence-electron chi connectivity index (χ4n) is 2.31. The fraction of sp³-hybridized carbons (Fsp3) is 0.0588. The predicted octanol–water partition coefficient (Wildman–Crippen LogP) is 3.23. The number of allylic oxidation sites excluding steroid dienone is 2. The Morgan fingerprint density at radius 3 is 2.37 bits per heavy atom. The summed E-state index contributed by atoms with van der Waals surface area (Å²) >= 11 is 0. The van der Waals surface area contributed by atoms with Crippen LogP contribution in [0.2, 0.25) is 0 Å². The fourth-order valence-corrected chi connectivity index (χ4v) is 2.31.